The zero-order valence-corrected chi connectivity index (χ0v) is 15.0. The number of nitrogens with zero attached hydrogens (tertiary/aromatic N) is 1. The number of halogens is 3. The van der Waals surface area contributed by atoms with Crippen LogP contribution in [0.25, 0.3) is 0 Å². The first-order chi connectivity index (χ1) is 12.3. The fourth-order valence-electron chi connectivity index (χ4n) is 2.92. The lowest BCUT2D eigenvalue weighted by molar-refractivity contribution is -0.137. The maximum absolute atomic E-state index is 13.1. The highest BCUT2D eigenvalue weighted by atomic mass is 32.2. The Kier molecular flexibility index (Phi) is 5.46. The molecule has 1 N–H and O–H groups in total. The Morgan fingerprint density at radius 1 is 1.19 bits per heavy atom. The maximum Gasteiger partial charge on any atom is 0.418 e. The quantitative estimate of drug-likeness (QED) is 0.810. The van der Waals surface area contributed by atoms with E-state index in [1.165, 1.54) is 18.2 Å². The number of hydrogen-bond acceptors (Lipinski definition) is 3. The number of carbonyl (C=O) groups is 1. The normalized spacial score (nSPS) is 17.4. The van der Waals surface area contributed by atoms with Crippen LogP contribution in [0.4, 0.5) is 24.5 Å². The number of benzene rings is 2. The first-order valence-corrected chi connectivity index (χ1v) is 9.19. The van der Waals surface area contributed by atoms with Crippen LogP contribution in [0.2, 0.25) is 0 Å². The third-order valence-electron chi connectivity index (χ3n) is 4.18. The Morgan fingerprint density at radius 3 is 2.65 bits per heavy atom. The van der Waals surface area contributed by atoms with Gasteiger partial charge in [-0.25, -0.2) is 0 Å². The molecule has 0 saturated carbocycles. The molecule has 2 aromatic rings. The van der Waals surface area contributed by atoms with Crippen molar-refractivity contribution in [1.82, 2.24) is 0 Å². The van der Waals surface area contributed by atoms with Gasteiger partial charge in [0.2, 0.25) is 5.91 Å². The second-order valence-electron chi connectivity index (χ2n) is 6.20. The predicted molar refractivity (Wildman–Crippen MR) is 98.7 cm³/mol. The summed E-state index contributed by atoms with van der Waals surface area (Å²) in [6, 6.07) is 12.8. The minimum atomic E-state index is -4.51. The van der Waals surface area contributed by atoms with Gasteiger partial charge in [-0.3, -0.25) is 4.79 Å². The van der Waals surface area contributed by atoms with Crippen LogP contribution in [0.3, 0.4) is 0 Å². The lowest BCUT2D eigenvalue weighted by Crippen LogP contribution is -2.34. The van der Waals surface area contributed by atoms with Crippen LogP contribution >= 0.6 is 11.8 Å². The molecule has 138 valence electrons. The molecule has 2 aromatic carbocycles. The Bertz CT molecular complexity index is 794. The standard InChI is InChI=1S/C19H19F3N2OS/c1-13-10-11-24(16-8-4-5-9-17(16)26-13)12-18(25)23-15-7-3-2-6-14(15)19(20,21)22/h2-9,13H,10-12H2,1H3,(H,23,25). The second-order valence-corrected chi connectivity index (χ2v) is 7.68. The number of rotatable bonds is 3. The summed E-state index contributed by atoms with van der Waals surface area (Å²) in [5.74, 6) is -0.462. The summed E-state index contributed by atoms with van der Waals surface area (Å²) in [6.45, 7) is 2.82. The van der Waals surface area contributed by atoms with Crippen LogP contribution in [0.1, 0.15) is 18.9 Å². The largest absolute Gasteiger partial charge is 0.418 e. The second kappa shape index (κ2) is 7.61. The van der Waals surface area contributed by atoms with Crippen LogP contribution in [0.5, 0.6) is 0 Å². The fourth-order valence-corrected chi connectivity index (χ4v) is 4.05. The van der Waals surface area contributed by atoms with Gasteiger partial charge in [-0.2, -0.15) is 13.2 Å². The molecule has 0 spiro atoms. The van der Waals surface area contributed by atoms with Gasteiger partial charge >= 0.3 is 6.18 Å². The van der Waals surface area contributed by atoms with E-state index in [9.17, 15) is 18.0 Å². The van der Waals surface area contributed by atoms with Gasteiger partial charge in [-0.15, -0.1) is 11.8 Å². The van der Waals surface area contributed by atoms with E-state index in [0.717, 1.165) is 23.1 Å². The zero-order valence-electron chi connectivity index (χ0n) is 14.2. The molecule has 1 amide bonds. The topological polar surface area (TPSA) is 32.3 Å². The smallest absolute Gasteiger partial charge is 0.361 e. The molecule has 7 heteroatoms. The van der Waals surface area contributed by atoms with E-state index in [0.29, 0.717) is 11.8 Å². The third-order valence-corrected chi connectivity index (χ3v) is 5.42. The number of fused-ring (bicyclic) bond motifs is 1. The number of para-hydroxylation sites is 2. The summed E-state index contributed by atoms with van der Waals surface area (Å²) in [5, 5.41) is 2.83. The molecule has 1 atom stereocenters. The fraction of sp³-hybridized carbons (Fsp3) is 0.316. The Labute approximate surface area is 154 Å². The van der Waals surface area contributed by atoms with Gasteiger partial charge in [-0.1, -0.05) is 31.2 Å². The number of nitrogens with one attached hydrogen (secondary N) is 1. The van der Waals surface area contributed by atoms with Gasteiger partial charge in [0.15, 0.2) is 0 Å². The molecule has 0 fully saturated rings. The average Bonchev–Trinajstić information content (AvgIpc) is 2.73. The van der Waals surface area contributed by atoms with E-state index < -0.39 is 17.6 Å². The lowest BCUT2D eigenvalue weighted by Gasteiger charge is -2.24. The summed E-state index contributed by atoms with van der Waals surface area (Å²) >= 11 is 1.75. The highest BCUT2D eigenvalue weighted by molar-refractivity contribution is 8.00. The van der Waals surface area contributed by atoms with Gasteiger partial charge in [0.05, 0.1) is 23.5 Å². The molecular weight excluding hydrogens is 361 g/mol. The average molecular weight is 380 g/mol. The van der Waals surface area contributed by atoms with E-state index in [1.54, 1.807) is 11.8 Å². The van der Waals surface area contributed by atoms with Crippen molar-refractivity contribution < 1.29 is 18.0 Å². The van der Waals surface area contributed by atoms with E-state index in [4.69, 9.17) is 0 Å². The molecule has 3 rings (SSSR count). The van der Waals surface area contributed by atoms with E-state index >= 15 is 0 Å². The van der Waals surface area contributed by atoms with Crippen LogP contribution in [0, 0.1) is 0 Å². The summed E-state index contributed by atoms with van der Waals surface area (Å²) in [6.07, 6.45) is -3.61. The third kappa shape index (κ3) is 4.33. The van der Waals surface area contributed by atoms with Crippen LogP contribution < -0.4 is 10.2 Å². The van der Waals surface area contributed by atoms with Crippen molar-refractivity contribution in [3.8, 4) is 0 Å². The molecule has 1 unspecified atom stereocenters. The first-order valence-electron chi connectivity index (χ1n) is 8.31. The molecule has 1 aliphatic rings. The molecule has 0 bridgehead atoms. The van der Waals surface area contributed by atoms with Crippen molar-refractivity contribution in [2.24, 2.45) is 0 Å². The van der Waals surface area contributed by atoms with Gasteiger partial charge in [-0.05, 0) is 30.7 Å². The molecule has 26 heavy (non-hydrogen) atoms. The number of thioether (sulfide) groups is 1. The van der Waals surface area contributed by atoms with E-state index in [1.807, 2.05) is 29.2 Å². The van der Waals surface area contributed by atoms with E-state index in [-0.39, 0.29) is 12.2 Å². The van der Waals surface area contributed by atoms with Crippen molar-refractivity contribution >= 4 is 29.0 Å². The Balaban J connectivity index is 1.77. The maximum atomic E-state index is 13.1. The molecule has 1 heterocycles. The van der Waals surface area contributed by atoms with Gasteiger partial charge in [0.25, 0.3) is 0 Å². The van der Waals surface area contributed by atoms with Crippen molar-refractivity contribution in [2.75, 3.05) is 23.3 Å². The monoisotopic (exact) mass is 380 g/mol. The van der Waals surface area contributed by atoms with Crippen molar-refractivity contribution in [3.63, 3.8) is 0 Å². The van der Waals surface area contributed by atoms with Crippen molar-refractivity contribution in [1.29, 1.82) is 0 Å². The summed E-state index contributed by atoms with van der Waals surface area (Å²) in [4.78, 5) is 15.4. The van der Waals surface area contributed by atoms with Gasteiger partial charge < -0.3 is 10.2 Å². The molecule has 0 radical (unpaired) electrons. The number of alkyl halides is 3. The number of hydrogen-bond donors (Lipinski definition) is 1. The van der Waals surface area contributed by atoms with Crippen molar-refractivity contribution in [2.45, 2.75) is 29.7 Å². The van der Waals surface area contributed by atoms with Gasteiger partial charge in [0.1, 0.15) is 0 Å². The minimum Gasteiger partial charge on any atom is -0.361 e. The molecule has 0 aliphatic carbocycles. The van der Waals surface area contributed by atoms with Crippen molar-refractivity contribution in [3.05, 3.63) is 54.1 Å². The lowest BCUT2D eigenvalue weighted by atomic mass is 10.1. The number of amides is 1. The predicted octanol–water partition coefficient (Wildman–Crippen LogP) is 5.03. The number of anilines is 2. The number of carbonyl (C=O) groups excluding carboxylic acids is 1. The molecule has 3 nitrogen and oxygen atoms in total. The first kappa shape index (κ1) is 18.6. The summed E-state index contributed by atoms with van der Waals surface area (Å²) in [5.41, 5.74) is -0.106. The summed E-state index contributed by atoms with van der Waals surface area (Å²) < 4.78 is 39.3. The van der Waals surface area contributed by atoms with E-state index in [2.05, 4.69) is 12.2 Å². The Hall–Kier alpha value is -2.15. The highest BCUT2D eigenvalue weighted by Crippen LogP contribution is 2.37. The Morgan fingerprint density at radius 2 is 1.88 bits per heavy atom. The molecule has 0 aromatic heterocycles. The molecular formula is C19H19F3N2OS. The molecule has 1 aliphatic heterocycles. The van der Waals surface area contributed by atoms with Crippen LogP contribution in [-0.2, 0) is 11.0 Å². The minimum absolute atomic E-state index is 0.0104. The van der Waals surface area contributed by atoms with Crippen LogP contribution in [0.15, 0.2) is 53.4 Å². The zero-order chi connectivity index (χ0) is 18.7. The highest BCUT2D eigenvalue weighted by Gasteiger charge is 2.33. The van der Waals surface area contributed by atoms with Gasteiger partial charge in [0, 0.05) is 16.7 Å². The SMILES string of the molecule is CC1CCN(CC(=O)Nc2ccccc2C(F)(F)F)c2ccccc2S1. The molecule has 0 saturated heterocycles. The van der Waals surface area contributed by atoms with Crippen LogP contribution in [-0.4, -0.2) is 24.2 Å². The summed E-state index contributed by atoms with van der Waals surface area (Å²) in [7, 11) is 0.